The fourth-order valence-corrected chi connectivity index (χ4v) is 4.35. The molecule has 3 rings (SSSR count). The van der Waals surface area contributed by atoms with E-state index in [1.165, 1.54) is 0 Å². The van der Waals surface area contributed by atoms with Gasteiger partial charge >= 0.3 is 12.1 Å². The molecular formula is C27H34N2O5. The molecule has 0 spiro atoms. The average Bonchev–Trinajstić information content (AvgIpc) is 3.13. The Kier molecular flexibility index (Phi) is 8.68. The van der Waals surface area contributed by atoms with Gasteiger partial charge in [0, 0.05) is 12.5 Å². The number of carbonyl (C=O) groups is 3. The van der Waals surface area contributed by atoms with Crippen LogP contribution in [0.25, 0.3) is 11.1 Å². The molecule has 2 aromatic carbocycles. The molecule has 0 aromatic heterocycles. The maximum Gasteiger partial charge on any atom is 0.407 e. The normalized spacial score (nSPS) is 14.1. The monoisotopic (exact) mass is 466 g/mol. The summed E-state index contributed by atoms with van der Waals surface area (Å²) in [6.07, 6.45) is 0.881. The summed E-state index contributed by atoms with van der Waals surface area (Å²) in [4.78, 5) is 36.2. The second kappa shape index (κ2) is 11.7. The predicted molar refractivity (Wildman–Crippen MR) is 130 cm³/mol. The molecule has 2 amide bonds. The Morgan fingerprint density at radius 3 is 2.12 bits per heavy atom. The number of fused-ring (bicyclic) bond motifs is 3. The van der Waals surface area contributed by atoms with Crippen LogP contribution in [0, 0.1) is 11.8 Å². The van der Waals surface area contributed by atoms with Crippen LogP contribution in [0.3, 0.4) is 0 Å². The standard InChI is InChI=1S/C27H34N2O5/c1-17(2)15-24(25(30)28-14-8-9-18(3)26(31)32)29-27(33)34-16-23-21-12-6-4-10-19(21)20-11-5-7-13-22(20)23/h4-7,10-13,17-18,23-24H,8-9,14-16H2,1-3H3,(H,28,30)(H,29,33)(H,31,32). The van der Waals surface area contributed by atoms with Gasteiger partial charge in [0.15, 0.2) is 0 Å². The molecule has 0 saturated carbocycles. The Morgan fingerprint density at radius 2 is 1.56 bits per heavy atom. The van der Waals surface area contributed by atoms with Crippen molar-refractivity contribution in [3.05, 3.63) is 59.7 Å². The lowest BCUT2D eigenvalue weighted by Crippen LogP contribution is -2.48. The molecule has 0 bridgehead atoms. The van der Waals surface area contributed by atoms with Crippen LogP contribution in [0.5, 0.6) is 0 Å². The van der Waals surface area contributed by atoms with Crippen LogP contribution in [0.15, 0.2) is 48.5 Å². The summed E-state index contributed by atoms with van der Waals surface area (Å²) in [6, 6.07) is 15.5. The van der Waals surface area contributed by atoms with Crippen molar-refractivity contribution in [2.75, 3.05) is 13.2 Å². The van der Waals surface area contributed by atoms with E-state index in [0.29, 0.717) is 25.8 Å². The molecule has 1 aliphatic rings. The molecule has 2 unspecified atom stereocenters. The van der Waals surface area contributed by atoms with Gasteiger partial charge in [-0.3, -0.25) is 9.59 Å². The summed E-state index contributed by atoms with van der Waals surface area (Å²) in [6.45, 7) is 6.15. The zero-order chi connectivity index (χ0) is 24.7. The lowest BCUT2D eigenvalue weighted by atomic mass is 9.98. The van der Waals surface area contributed by atoms with Crippen molar-refractivity contribution in [2.45, 2.75) is 52.0 Å². The minimum Gasteiger partial charge on any atom is -0.481 e. The quantitative estimate of drug-likeness (QED) is 0.421. The summed E-state index contributed by atoms with van der Waals surface area (Å²) >= 11 is 0. The molecule has 2 atom stereocenters. The van der Waals surface area contributed by atoms with Gasteiger partial charge < -0.3 is 20.5 Å². The summed E-state index contributed by atoms with van der Waals surface area (Å²) in [5.41, 5.74) is 4.56. The molecule has 0 saturated heterocycles. The van der Waals surface area contributed by atoms with E-state index in [1.807, 2.05) is 38.1 Å². The molecule has 0 radical (unpaired) electrons. The molecule has 7 nitrogen and oxygen atoms in total. The van der Waals surface area contributed by atoms with Crippen molar-refractivity contribution in [3.8, 4) is 11.1 Å². The van der Waals surface area contributed by atoms with Crippen molar-refractivity contribution >= 4 is 18.0 Å². The first-order chi connectivity index (χ1) is 16.3. The molecule has 2 aromatic rings. The molecule has 3 N–H and O–H groups in total. The van der Waals surface area contributed by atoms with Crippen LogP contribution in [-0.2, 0) is 14.3 Å². The van der Waals surface area contributed by atoms with Crippen LogP contribution in [-0.4, -0.2) is 42.3 Å². The summed E-state index contributed by atoms with van der Waals surface area (Å²) in [5.74, 6) is -1.45. The number of rotatable bonds is 11. The maximum absolute atomic E-state index is 12.7. The van der Waals surface area contributed by atoms with Crippen molar-refractivity contribution in [3.63, 3.8) is 0 Å². The van der Waals surface area contributed by atoms with Crippen LogP contribution in [0.1, 0.15) is 57.1 Å². The third kappa shape index (κ3) is 6.37. The zero-order valence-electron chi connectivity index (χ0n) is 20.0. The summed E-state index contributed by atoms with van der Waals surface area (Å²) in [7, 11) is 0. The molecule has 7 heteroatoms. The number of aliphatic carboxylic acids is 1. The molecule has 34 heavy (non-hydrogen) atoms. The van der Waals surface area contributed by atoms with Crippen molar-refractivity contribution in [1.29, 1.82) is 0 Å². The van der Waals surface area contributed by atoms with E-state index in [4.69, 9.17) is 9.84 Å². The Bertz CT molecular complexity index is 974. The number of benzene rings is 2. The topological polar surface area (TPSA) is 105 Å². The number of amides is 2. The maximum atomic E-state index is 12.7. The SMILES string of the molecule is CC(C)CC(NC(=O)OCC1c2ccccc2-c2ccccc21)C(=O)NCCCC(C)C(=O)O. The van der Waals surface area contributed by atoms with Gasteiger partial charge in [-0.05, 0) is 47.4 Å². The van der Waals surface area contributed by atoms with Crippen molar-refractivity contribution in [1.82, 2.24) is 10.6 Å². The van der Waals surface area contributed by atoms with E-state index in [1.54, 1.807) is 6.92 Å². The van der Waals surface area contributed by atoms with Crippen LogP contribution >= 0.6 is 0 Å². The zero-order valence-corrected chi connectivity index (χ0v) is 20.0. The Hall–Kier alpha value is -3.35. The number of hydrogen-bond donors (Lipinski definition) is 3. The fraction of sp³-hybridized carbons (Fsp3) is 0.444. The second-order valence-electron chi connectivity index (χ2n) is 9.32. The number of carbonyl (C=O) groups excluding carboxylic acids is 2. The van der Waals surface area contributed by atoms with E-state index in [2.05, 4.69) is 34.9 Å². The molecule has 0 fully saturated rings. The van der Waals surface area contributed by atoms with Gasteiger partial charge in [-0.25, -0.2) is 4.79 Å². The number of carboxylic acid groups (broad SMARTS) is 1. The highest BCUT2D eigenvalue weighted by atomic mass is 16.5. The number of alkyl carbamates (subject to hydrolysis) is 1. The van der Waals surface area contributed by atoms with E-state index in [9.17, 15) is 14.4 Å². The summed E-state index contributed by atoms with van der Waals surface area (Å²) in [5, 5.41) is 14.5. The second-order valence-corrected chi connectivity index (χ2v) is 9.32. The lowest BCUT2D eigenvalue weighted by molar-refractivity contribution is -0.141. The Morgan fingerprint density at radius 1 is 0.971 bits per heavy atom. The predicted octanol–water partition coefficient (Wildman–Crippen LogP) is 4.56. The first-order valence-electron chi connectivity index (χ1n) is 11.9. The highest BCUT2D eigenvalue weighted by Gasteiger charge is 2.30. The molecule has 182 valence electrons. The molecule has 0 aliphatic heterocycles. The number of carboxylic acids is 1. The molecule has 1 aliphatic carbocycles. The van der Waals surface area contributed by atoms with Gasteiger partial charge in [0.1, 0.15) is 12.6 Å². The average molecular weight is 467 g/mol. The smallest absolute Gasteiger partial charge is 0.407 e. The number of ether oxygens (including phenoxy) is 1. The number of nitrogens with one attached hydrogen (secondary N) is 2. The third-order valence-corrected chi connectivity index (χ3v) is 6.19. The Labute approximate surface area is 200 Å². The largest absolute Gasteiger partial charge is 0.481 e. The fourth-order valence-electron chi connectivity index (χ4n) is 4.35. The van der Waals surface area contributed by atoms with Crippen LogP contribution in [0.2, 0.25) is 0 Å². The summed E-state index contributed by atoms with van der Waals surface area (Å²) < 4.78 is 5.59. The van der Waals surface area contributed by atoms with E-state index >= 15 is 0 Å². The molecule has 0 heterocycles. The van der Waals surface area contributed by atoms with Gasteiger partial charge in [0.25, 0.3) is 0 Å². The third-order valence-electron chi connectivity index (χ3n) is 6.19. The van der Waals surface area contributed by atoms with E-state index < -0.39 is 24.0 Å². The minimum absolute atomic E-state index is 0.0493. The Balaban J connectivity index is 1.56. The number of hydrogen-bond acceptors (Lipinski definition) is 4. The van der Waals surface area contributed by atoms with E-state index in [0.717, 1.165) is 22.3 Å². The first kappa shape index (κ1) is 25.3. The van der Waals surface area contributed by atoms with Gasteiger partial charge in [-0.15, -0.1) is 0 Å². The van der Waals surface area contributed by atoms with Crippen LogP contribution in [0.4, 0.5) is 4.79 Å². The minimum atomic E-state index is -0.846. The van der Waals surface area contributed by atoms with Crippen LogP contribution < -0.4 is 10.6 Å². The first-order valence-corrected chi connectivity index (χ1v) is 11.9. The van der Waals surface area contributed by atoms with Gasteiger partial charge in [0.2, 0.25) is 5.91 Å². The highest BCUT2D eigenvalue weighted by Crippen LogP contribution is 2.44. The van der Waals surface area contributed by atoms with E-state index in [-0.39, 0.29) is 24.3 Å². The van der Waals surface area contributed by atoms with Crippen molar-refractivity contribution < 1.29 is 24.2 Å². The highest BCUT2D eigenvalue weighted by molar-refractivity contribution is 5.85. The van der Waals surface area contributed by atoms with Crippen molar-refractivity contribution in [2.24, 2.45) is 11.8 Å². The lowest BCUT2D eigenvalue weighted by Gasteiger charge is -2.21. The van der Waals surface area contributed by atoms with Gasteiger partial charge in [0.05, 0.1) is 5.92 Å². The van der Waals surface area contributed by atoms with Gasteiger partial charge in [-0.2, -0.15) is 0 Å². The molecular weight excluding hydrogens is 432 g/mol. The van der Waals surface area contributed by atoms with Gasteiger partial charge in [-0.1, -0.05) is 69.3 Å².